The Hall–Kier alpha value is -2.09. The van der Waals surface area contributed by atoms with Gasteiger partial charge in [-0.05, 0) is 12.1 Å². The van der Waals surface area contributed by atoms with Crippen LogP contribution in [0.3, 0.4) is 0 Å². The molecule has 100 valence electrons. The first kappa shape index (κ1) is 14.0. The number of aryl methyl sites for hydroxylation is 1. The minimum Gasteiger partial charge on any atom is -0.467 e. The Morgan fingerprint density at radius 1 is 1.61 bits per heavy atom. The fourth-order valence-electron chi connectivity index (χ4n) is 1.11. The first-order valence-electron chi connectivity index (χ1n) is 5.11. The van der Waals surface area contributed by atoms with E-state index in [0.717, 1.165) is 7.11 Å². The average Bonchev–Trinajstić information content (AvgIpc) is 2.78. The summed E-state index contributed by atoms with van der Waals surface area (Å²) >= 11 is 0. The lowest BCUT2D eigenvalue weighted by atomic mass is 10.3. The largest absolute Gasteiger partial charge is 0.467 e. The van der Waals surface area contributed by atoms with Crippen LogP contribution in [0.25, 0.3) is 0 Å². The van der Waals surface area contributed by atoms with Gasteiger partial charge in [0, 0.05) is 6.07 Å². The molecule has 1 atom stereocenters. The Morgan fingerprint density at radius 2 is 2.33 bits per heavy atom. The molecule has 1 unspecified atom stereocenters. The third-order valence-electron chi connectivity index (χ3n) is 1.96. The molecule has 18 heavy (non-hydrogen) atoms. The van der Waals surface area contributed by atoms with Crippen LogP contribution in [0.1, 0.15) is 5.76 Å². The summed E-state index contributed by atoms with van der Waals surface area (Å²) in [5.74, 6) is -0.599. The molecule has 1 heterocycles. The van der Waals surface area contributed by atoms with Crippen molar-refractivity contribution < 1.29 is 28.7 Å². The molecule has 0 saturated carbocycles. The highest BCUT2D eigenvalue weighted by Gasteiger charge is 2.20. The van der Waals surface area contributed by atoms with E-state index < -0.39 is 24.5 Å². The van der Waals surface area contributed by atoms with E-state index in [2.05, 4.69) is 15.2 Å². The summed E-state index contributed by atoms with van der Waals surface area (Å²) in [6, 6.07) is 0.405. The summed E-state index contributed by atoms with van der Waals surface area (Å²) in [5, 5.41) is 14.6. The molecule has 1 aromatic rings. The third-order valence-corrected chi connectivity index (χ3v) is 1.96. The van der Waals surface area contributed by atoms with Gasteiger partial charge >= 0.3 is 5.97 Å². The van der Waals surface area contributed by atoms with Crippen molar-refractivity contribution in [2.45, 2.75) is 13.0 Å². The number of aliphatic hydroxyl groups is 1. The molecule has 0 fully saturated rings. The molecule has 0 radical (unpaired) electrons. The van der Waals surface area contributed by atoms with Gasteiger partial charge in [-0.3, -0.25) is 4.79 Å². The van der Waals surface area contributed by atoms with E-state index in [-0.39, 0.29) is 12.5 Å². The second-order valence-electron chi connectivity index (χ2n) is 3.39. The smallest absolute Gasteiger partial charge is 0.330 e. The minimum absolute atomic E-state index is 0.168. The normalized spacial score (nSPS) is 11.7. The molecule has 1 aromatic heterocycles. The Kier molecular flexibility index (Phi) is 5.12. The molecular weight excluding hydrogens is 244 g/mol. The zero-order valence-electron chi connectivity index (χ0n) is 10.0. The topological polar surface area (TPSA) is 111 Å². The highest BCUT2D eigenvalue weighted by atomic mass is 16.5. The molecular formula is C10H14N2O6. The van der Waals surface area contributed by atoms with E-state index >= 15 is 0 Å². The Balaban J connectivity index is 2.39. The summed E-state index contributed by atoms with van der Waals surface area (Å²) in [7, 11) is 1.16. The number of rotatable bonds is 6. The minimum atomic E-state index is -1.11. The predicted octanol–water partition coefficient (Wildman–Crippen LogP) is -0.988. The van der Waals surface area contributed by atoms with Crippen LogP contribution in [0.15, 0.2) is 10.6 Å². The number of hydrogen-bond donors (Lipinski definition) is 2. The number of aliphatic hydroxyl groups excluding tert-OH is 1. The monoisotopic (exact) mass is 258 g/mol. The first-order chi connectivity index (χ1) is 8.56. The SMILES string of the molecule is COC(=O)C(CO)NC(=O)COc1cc(C)on1. The molecule has 0 aliphatic rings. The Labute approximate surface area is 103 Å². The van der Waals surface area contributed by atoms with Crippen molar-refractivity contribution in [2.75, 3.05) is 20.3 Å². The van der Waals surface area contributed by atoms with Crippen LogP contribution in [0, 0.1) is 6.92 Å². The van der Waals surface area contributed by atoms with Crippen molar-refractivity contribution in [1.82, 2.24) is 10.5 Å². The second kappa shape index (κ2) is 6.60. The van der Waals surface area contributed by atoms with E-state index in [1.165, 1.54) is 6.07 Å². The van der Waals surface area contributed by atoms with Crippen molar-refractivity contribution in [2.24, 2.45) is 0 Å². The van der Waals surface area contributed by atoms with Crippen LogP contribution >= 0.6 is 0 Å². The van der Waals surface area contributed by atoms with Gasteiger partial charge in [0.1, 0.15) is 5.76 Å². The fraction of sp³-hybridized carbons (Fsp3) is 0.500. The molecule has 1 rings (SSSR count). The highest BCUT2D eigenvalue weighted by Crippen LogP contribution is 2.09. The summed E-state index contributed by atoms with van der Waals surface area (Å²) in [4.78, 5) is 22.5. The number of nitrogens with one attached hydrogen (secondary N) is 1. The first-order valence-corrected chi connectivity index (χ1v) is 5.11. The van der Waals surface area contributed by atoms with Crippen LogP contribution in [-0.2, 0) is 14.3 Å². The van der Waals surface area contributed by atoms with E-state index in [1.54, 1.807) is 6.92 Å². The van der Waals surface area contributed by atoms with E-state index in [0.29, 0.717) is 5.76 Å². The number of carbonyl (C=O) groups is 2. The quantitative estimate of drug-likeness (QED) is 0.630. The summed E-state index contributed by atoms with van der Waals surface area (Å²) in [5.41, 5.74) is 0. The van der Waals surface area contributed by atoms with Crippen LogP contribution < -0.4 is 10.1 Å². The second-order valence-corrected chi connectivity index (χ2v) is 3.39. The van der Waals surface area contributed by atoms with Gasteiger partial charge in [-0.25, -0.2) is 4.79 Å². The van der Waals surface area contributed by atoms with Gasteiger partial charge < -0.3 is 24.4 Å². The van der Waals surface area contributed by atoms with Gasteiger partial charge in [0.2, 0.25) is 0 Å². The molecule has 0 bridgehead atoms. The zero-order valence-corrected chi connectivity index (χ0v) is 10.0. The van der Waals surface area contributed by atoms with E-state index in [1.807, 2.05) is 0 Å². The van der Waals surface area contributed by atoms with Crippen molar-refractivity contribution >= 4 is 11.9 Å². The van der Waals surface area contributed by atoms with Crippen LogP contribution in [0.4, 0.5) is 0 Å². The summed E-state index contributed by atoms with van der Waals surface area (Å²) in [6.07, 6.45) is 0. The lowest BCUT2D eigenvalue weighted by Crippen LogP contribution is -2.45. The van der Waals surface area contributed by atoms with E-state index in [4.69, 9.17) is 14.4 Å². The van der Waals surface area contributed by atoms with Crippen LogP contribution in [0.2, 0.25) is 0 Å². The maximum Gasteiger partial charge on any atom is 0.330 e. The lowest BCUT2D eigenvalue weighted by molar-refractivity contribution is -0.146. The van der Waals surface area contributed by atoms with Gasteiger partial charge in [-0.2, -0.15) is 0 Å². The number of methoxy groups -OCH3 is 1. The summed E-state index contributed by atoms with van der Waals surface area (Å²) in [6.45, 7) is 0.778. The number of hydrogen-bond acceptors (Lipinski definition) is 7. The molecule has 0 aliphatic heterocycles. The van der Waals surface area contributed by atoms with Gasteiger partial charge in [0.25, 0.3) is 11.8 Å². The number of nitrogens with zero attached hydrogens (tertiary/aromatic N) is 1. The van der Waals surface area contributed by atoms with Crippen molar-refractivity contribution in [1.29, 1.82) is 0 Å². The van der Waals surface area contributed by atoms with Gasteiger partial charge in [-0.1, -0.05) is 0 Å². The number of aromatic nitrogens is 1. The molecule has 2 N–H and O–H groups in total. The number of carbonyl (C=O) groups excluding carboxylic acids is 2. The summed E-state index contributed by atoms with van der Waals surface area (Å²) < 4.78 is 14.1. The zero-order chi connectivity index (χ0) is 13.5. The van der Waals surface area contributed by atoms with E-state index in [9.17, 15) is 9.59 Å². The molecule has 8 nitrogen and oxygen atoms in total. The molecule has 0 spiro atoms. The Bertz CT molecular complexity index is 416. The maximum atomic E-state index is 11.4. The van der Waals surface area contributed by atoms with Gasteiger partial charge in [0.15, 0.2) is 12.6 Å². The predicted molar refractivity (Wildman–Crippen MR) is 57.8 cm³/mol. The van der Waals surface area contributed by atoms with Gasteiger partial charge in [0.05, 0.1) is 13.7 Å². The molecule has 1 amide bonds. The van der Waals surface area contributed by atoms with Crippen LogP contribution in [-0.4, -0.2) is 48.5 Å². The average molecular weight is 258 g/mol. The number of esters is 1. The van der Waals surface area contributed by atoms with Crippen molar-refractivity contribution in [3.05, 3.63) is 11.8 Å². The molecule has 0 aliphatic carbocycles. The van der Waals surface area contributed by atoms with Crippen molar-refractivity contribution in [3.63, 3.8) is 0 Å². The van der Waals surface area contributed by atoms with Gasteiger partial charge in [-0.15, -0.1) is 0 Å². The number of ether oxygens (including phenoxy) is 2. The number of amides is 1. The fourth-order valence-corrected chi connectivity index (χ4v) is 1.11. The third kappa shape index (κ3) is 4.06. The van der Waals surface area contributed by atoms with Crippen molar-refractivity contribution in [3.8, 4) is 5.88 Å². The maximum absolute atomic E-state index is 11.4. The molecule has 0 saturated heterocycles. The van der Waals surface area contributed by atoms with Crippen LogP contribution in [0.5, 0.6) is 5.88 Å². The lowest BCUT2D eigenvalue weighted by Gasteiger charge is -2.13. The standard InChI is InChI=1S/C10H14N2O6/c1-6-3-9(12-18-6)17-5-8(14)11-7(4-13)10(15)16-2/h3,7,13H,4-5H2,1-2H3,(H,11,14). The molecule has 0 aromatic carbocycles. The Morgan fingerprint density at radius 3 is 2.83 bits per heavy atom. The molecule has 8 heteroatoms. The highest BCUT2D eigenvalue weighted by molar-refractivity contribution is 5.85.